The molecule has 0 fully saturated rings. The van der Waals surface area contributed by atoms with Crippen molar-refractivity contribution in [2.45, 2.75) is 38.6 Å². The van der Waals surface area contributed by atoms with Gasteiger partial charge in [0.2, 0.25) is 5.91 Å². The predicted octanol–water partition coefficient (Wildman–Crippen LogP) is 4.16. The average molecular weight is 647 g/mol. The number of carboxylic acids is 1. The third-order valence-electron chi connectivity index (χ3n) is 8.06. The van der Waals surface area contributed by atoms with Crippen molar-refractivity contribution in [2.24, 2.45) is 11.1 Å². The van der Waals surface area contributed by atoms with E-state index in [4.69, 9.17) is 19.9 Å². The van der Waals surface area contributed by atoms with Crippen LogP contribution in [-0.4, -0.2) is 81.8 Å². The molecule has 0 saturated carbocycles. The molecule has 3 aromatic carbocycles. The number of fused-ring (bicyclic) bond motifs is 3. The number of aliphatic carboxylic acids is 1. The topological polar surface area (TPSA) is 161 Å². The molecule has 3 aromatic rings. The van der Waals surface area contributed by atoms with Gasteiger partial charge in [-0.3, -0.25) is 9.59 Å². The fourth-order valence-electron chi connectivity index (χ4n) is 5.58. The van der Waals surface area contributed by atoms with Crippen molar-refractivity contribution >= 4 is 23.7 Å². The molecule has 6 N–H and O–H groups in total. The number of carboxylic acid groups (broad SMARTS) is 1. The van der Waals surface area contributed by atoms with E-state index < -0.39 is 17.5 Å². The molecule has 0 aliphatic heterocycles. The normalized spacial score (nSPS) is 12.9. The Balaban J connectivity index is 0.982. The van der Waals surface area contributed by atoms with Crippen molar-refractivity contribution in [2.75, 3.05) is 58.0 Å². The second-order valence-electron chi connectivity index (χ2n) is 12.2. The van der Waals surface area contributed by atoms with Gasteiger partial charge in [0.15, 0.2) is 0 Å². The molecule has 0 spiro atoms. The number of benzene rings is 3. The molecule has 0 heterocycles. The number of hydrogen-bond donors (Lipinski definition) is 5. The second kappa shape index (κ2) is 17.5. The van der Waals surface area contributed by atoms with Gasteiger partial charge in [0.1, 0.15) is 6.61 Å². The lowest BCUT2D eigenvalue weighted by molar-refractivity contribution is -0.147. The van der Waals surface area contributed by atoms with E-state index in [9.17, 15) is 19.5 Å². The number of hydrogen-bond acceptors (Lipinski definition) is 8. The van der Waals surface area contributed by atoms with Gasteiger partial charge in [0.25, 0.3) is 0 Å². The van der Waals surface area contributed by atoms with Gasteiger partial charge in [0.05, 0.1) is 38.4 Å². The van der Waals surface area contributed by atoms with Crippen LogP contribution in [0.4, 0.5) is 10.5 Å². The molecule has 11 heteroatoms. The minimum Gasteiger partial charge on any atom is -0.481 e. The molecule has 11 nitrogen and oxygen atoms in total. The monoisotopic (exact) mass is 646 g/mol. The highest BCUT2D eigenvalue weighted by molar-refractivity contribution is 5.81. The molecule has 1 aliphatic carbocycles. The number of carbonyl (C=O) groups is 3. The van der Waals surface area contributed by atoms with Gasteiger partial charge in [-0.15, -0.1) is 0 Å². The largest absolute Gasteiger partial charge is 0.481 e. The van der Waals surface area contributed by atoms with Crippen LogP contribution >= 0.6 is 0 Å². The molecule has 0 saturated heterocycles. The first-order chi connectivity index (χ1) is 22.6. The number of amides is 2. The zero-order chi connectivity index (χ0) is 33.6. The Morgan fingerprint density at radius 3 is 2.00 bits per heavy atom. The molecule has 1 atom stereocenters. The average Bonchev–Trinajstić information content (AvgIpc) is 3.37. The summed E-state index contributed by atoms with van der Waals surface area (Å²) in [6.07, 6.45) is 0.469. The summed E-state index contributed by atoms with van der Waals surface area (Å²) in [5.41, 5.74) is 11.8. The van der Waals surface area contributed by atoms with Crippen molar-refractivity contribution in [3.05, 3.63) is 89.5 Å². The van der Waals surface area contributed by atoms with Crippen LogP contribution in [0.3, 0.4) is 0 Å². The third kappa shape index (κ3) is 10.8. The third-order valence-corrected chi connectivity index (χ3v) is 8.06. The number of ether oxygens (including phenoxy) is 3. The van der Waals surface area contributed by atoms with Gasteiger partial charge in [-0.2, -0.15) is 0 Å². The highest BCUT2D eigenvalue weighted by Crippen LogP contribution is 2.44. The van der Waals surface area contributed by atoms with Gasteiger partial charge in [-0.1, -0.05) is 60.7 Å². The lowest BCUT2D eigenvalue weighted by Gasteiger charge is -2.23. The van der Waals surface area contributed by atoms with Crippen molar-refractivity contribution < 1.29 is 33.7 Å². The molecular weight excluding hydrogens is 600 g/mol. The minimum atomic E-state index is -0.873. The Morgan fingerprint density at radius 2 is 1.40 bits per heavy atom. The first kappa shape index (κ1) is 35.4. The van der Waals surface area contributed by atoms with Crippen LogP contribution in [-0.2, 0) is 30.2 Å². The summed E-state index contributed by atoms with van der Waals surface area (Å²) in [4.78, 5) is 35.7. The second-order valence-corrected chi connectivity index (χ2v) is 12.2. The van der Waals surface area contributed by atoms with E-state index in [0.717, 1.165) is 11.3 Å². The molecular formula is C36H46N4O7. The van der Waals surface area contributed by atoms with Gasteiger partial charge in [-0.25, -0.2) is 4.79 Å². The van der Waals surface area contributed by atoms with E-state index >= 15 is 0 Å². The molecule has 0 bridgehead atoms. The molecule has 252 valence electrons. The molecule has 2 amide bonds. The van der Waals surface area contributed by atoms with Crippen molar-refractivity contribution in [1.82, 2.24) is 10.6 Å². The number of rotatable bonds is 19. The summed E-state index contributed by atoms with van der Waals surface area (Å²) < 4.78 is 16.5. The maximum Gasteiger partial charge on any atom is 0.407 e. The first-order valence-corrected chi connectivity index (χ1v) is 16.0. The number of anilines is 1. The molecule has 0 aromatic heterocycles. The summed E-state index contributed by atoms with van der Waals surface area (Å²) in [7, 11) is 0. The first-order valence-electron chi connectivity index (χ1n) is 16.0. The fraction of sp³-hybridized carbons (Fsp3) is 0.417. The van der Waals surface area contributed by atoms with E-state index in [2.05, 4.69) is 40.2 Å². The van der Waals surface area contributed by atoms with Crippen molar-refractivity contribution in [3.8, 4) is 11.1 Å². The molecule has 47 heavy (non-hydrogen) atoms. The number of carbonyl (C=O) groups excluding carboxylic acids is 2. The van der Waals surface area contributed by atoms with E-state index in [0.29, 0.717) is 52.4 Å². The van der Waals surface area contributed by atoms with Crippen LogP contribution in [0.5, 0.6) is 0 Å². The Kier molecular flexibility index (Phi) is 13.2. The van der Waals surface area contributed by atoms with Gasteiger partial charge in [0, 0.05) is 30.7 Å². The summed E-state index contributed by atoms with van der Waals surface area (Å²) in [5, 5.41) is 17.9. The summed E-state index contributed by atoms with van der Waals surface area (Å²) in [5.74, 6) is -1.00. The highest BCUT2D eigenvalue weighted by atomic mass is 16.6. The Hall–Kier alpha value is -4.45. The van der Waals surface area contributed by atoms with Crippen LogP contribution < -0.4 is 21.7 Å². The number of alkyl carbamates (subject to hydrolysis) is 1. The predicted molar refractivity (Wildman–Crippen MR) is 180 cm³/mol. The summed E-state index contributed by atoms with van der Waals surface area (Å²) in [6, 6.07) is 23.7. The summed E-state index contributed by atoms with van der Waals surface area (Å²) in [6.45, 7) is 5.82. The smallest absolute Gasteiger partial charge is 0.407 e. The van der Waals surface area contributed by atoms with E-state index in [-0.39, 0.29) is 31.0 Å². The molecule has 1 aliphatic rings. The zero-order valence-electron chi connectivity index (χ0n) is 27.1. The Bertz CT molecular complexity index is 1430. The van der Waals surface area contributed by atoms with E-state index in [1.807, 2.05) is 48.5 Å². The van der Waals surface area contributed by atoms with Gasteiger partial charge < -0.3 is 41.0 Å². The lowest BCUT2D eigenvalue weighted by Crippen LogP contribution is -2.34. The Morgan fingerprint density at radius 1 is 0.830 bits per heavy atom. The highest BCUT2D eigenvalue weighted by Gasteiger charge is 2.30. The van der Waals surface area contributed by atoms with Crippen molar-refractivity contribution in [3.63, 3.8) is 0 Å². The van der Waals surface area contributed by atoms with Crippen molar-refractivity contribution in [1.29, 1.82) is 0 Å². The maximum atomic E-state index is 12.2. The van der Waals surface area contributed by atoms with Gasteiger partial charge >= 0.3 is 12.1 Å². The van der Waals surface area contributed by atoms with Crippen LogP contribution in [0.1, 0.15) is 42.9 Å². The van der Waals surface area contributed by atoms with Gasteiger partial charge in [-0.05, 0) is 66.6 Å². The Labute approximate surface area is 276 Å². The maximum absolute atomic E-state index is 12.2. The quantitative estimate of drug-likeness (QED) is 0.121. The SMILES string of the molecule is CC(C)(CC(N)Cc1ccc(NCC(=O)NCCOCCOCCNC(=O)OCC2c3ccccc3-c3ccccc32)cc1)C(=O)O. The number of nitrogens with one attached hydrogen (secondary N) is 3. The number of nitrogens with two attached hydrogens (primary N) is 1. The van der Waals surface area contributed by atoms with Crippen LogP contribution in [0, 0.1) is 5.41 Å². The minimum absolute atomic E-state index is 0.0174. The molecule has 0 radical (unpaired) electrons. The van der Waals surface area contributed by atoms with E-state index in [1.165, 1.54) is 22.3 Å². The van der Waals surface area contributed by atoms with E-state index in [1.54, 1.807) is 13.8 Å². The van der Waals surface area contributed by atoms with Crippen LogP contribution in [0.15, 0.2) is 72.8 Å². The molecule has 4 rings (SSSR count). The lowest BCUT2D eigenvalue weighted by atomic mass is 9.84. The standard InChI is InChI=1S/C36H46N4O7/c1-36(2,34(42)43)22-26(37)21-25-11-13-27(14-12-25)40-23-33(41)38-15-17-45-19-20-46-18-16-39-35(44)47-24-32-30-9-5-3-7-28(30)29-8-4-6-10-31(29)32/h3-14,26,32,40H,15-24,37H2,1-2H3,(H,38,41)(H,39,44)(H,42,43). The van der Waals surface area contributed by atoms with Crippen LogP contribution in [0.2, 0.25) is 0 Å². The zero-order valence-corrected chi connectivity index (χ0v) is 27.1. The van der Waals surface area contributed by atoms with Crippen LogP contribution in [0.25, 0.3) is 11.1 Å². The summed E-state index contributed by atoms with van der Waals surface area (Å²) >= 11 is 0. The fourth-order valence-corrected chi connectivity index (χ4v) is 5.58. The molecule has 1 unspecified atom stereocenters.